The Morgan fingerprint density at radius 3 is 2.05 bits per heavy atom. The van der Waals surface area contributed by atoms with E-state index in [4.69, 9.17) is 4.74 Å². The lowest BCUT2D eigenvalue weighted by Gasteiger charge is -2.23. The number of nitrogens with one attached hydrogen (secondary N) is 1. The Morgan fingerprint density at radius 1 is 0.955 bits per heavy atom. The van der Waals surface area contributed by atoms with E-state index in [9.17, 15) is 4.79 Å². The predicted octanol–water partition coefficient (Wildman–Crippen LogP) is 3.69. The van der Waals surface area contributed by atoms with Crippen LogP contribution < -0.4 is 10.1 Å². The minimum atomic E-state index is 0.0947. The highest BCUT2D eigenvalue weighted by Gasteiger charge is 2.14. The summed E-state index contributed by atoms with van der Waals surface area (Å²) in [5, 5.41) is 3.34. The van der Waals surface area contributed by atoms with Gasteiger partial charge in [-0.3, -0.25) is 4.79 Å². The summed E-state index contributed by atoms with van der Waals surface area (Å²) in [6, 6.07) is 15.9. The van der Waals surface area contributed by atoms with E-state index in [-0.39, 0.29) is 5.78 Å². The summed E-state index contributed by atoms with van der Waals surface area (Å²) in [4.78, 5) is 11.3. The van der Waals surface area contributed by atoms with Gasteiger partial charge in [-0.1, -0.05) is 36.4 Å². The molecule has 0 atom stereocenters. The van der Waals surface area contributed by atoms with Crippen molar-refractivity contribution in [1.82, 2.24) is 5.32 Å². The van der Waals surface area contributed by atoms with Crippen molar-refractivity contribution in [2.75, 3.05) is 13.1 Å². The molecule has 0 bridgehead atoms. The van der Waals surface area contributed by atoms with Gasteiger partial charge < -0.3 is 10.1 Å². The number of carbonyl (C=O) groups excluding carboxylic acids is 1. The van der Waals surface area contributed by atoms with Crippen molar-refractivity contribution in [3.05, 3.63) is 54.1 Å². The smallest absolute Gasteiger partial charge is 0.159 e. The molecule has 1 aliphatic heterocycles. The maximum Gasteiger partial charge on any atom is 0.159 e. The van der Waals surface area contributed by atoms with E-state index in [1.807, 2.05) is 36.4 Å². The van der Waals surface area contributed by atoms with Crippen molar-refractivity contribution in [1.29, 1.82) is 0 Å². The number of hydrogen-bond acceptors (Lipinski definition) is 3. The summed E-state index contributed by atoms with van der Waals surface area (Å²) in [6.07, 6.45) is 2.45. The van der Waals surface area contributed by atoms with Gasteiger partial charge in [0.15, 0.2) is 5.78 Å². The molecular formula is C19H21NO2. The first-order valence-corrected chi connectivity index (χ1v) is 7.81. The molecule has 0 amide bonds. The summed E-state index contributed by atoms with van der Waals surface area (Å²) in [7, 11) is 0. The topological polar surface area (TPSA) is 38.3 Å². The molecule has 0 spiro atoms. The number of Topliss-reactive ketones (excluding diaryl/α,β-unsaturated/α-hetero) is 1. The Morgan fingerprint density at radius 2 is 1.50 bits per heavy atom. The molecule has 114 valence electrons. The second kappa shape index (κ2) is 6.75. The fourth-order valence-corrected chi connectivity index (χ4v) is 2.73. The molecule has 1 heterocycles. The fraction of sp³-hybridized carbons (Fsp3) is 0.316. The van der Waals surface area contributed by atoms with Crippen LogP contribution in [0.3, 0.4) is 0 Å². The lowest BCUT2D eigenvalue weighted by atomic mass is 10.0. The number of piperidine rings is 1. The molecule has 3 rings (SSSR count). The fourth-order valence-electron chi connectivity index (χ4n) is 2.73. The van der Waals surface area contributed by atoms with Gasteiger partial charge in [0.25, 0.3) is 0 Å². The number of rotatable bonds is 4. The first-order chi connectivity index (χ1) is 10.7. The Hall–Kier alpha value is -2.13. The standard InChI is InChI=1S/C19H21NO2/c1-14(21)15-2-4-16(5-3-15)17-6-8-18(9-7-17)22-19-10-12-20-13-11-19/h2-9,19-20H,10-13H2,1H3. The molecule has 2 aromatic rings. The van der Waals surface area contributed by atoms with Crippen LogP contribution in [-0.4, -0.2) is 25.0 Å². The van der Waals surface area contributed by atoms with Crippen molar-refractivity contribution in [3.8, 4) is 16.9 Å². The third kappa shape index (κ3) is 3.55. The molecule has 0 saturated carbocycles. The molecule has 0 radical (unpaired) electrons. The second-order valence-electron chi connectivity index (χ2n) is 5.73. The minimum absolute atomic E-state index is 0.0947. The Bertz CT molecular complexity index is 625. The second-order valence-corrected chi connectivity index (χ2v) is 5.73. The van der Waals surface area contributed by atoms with E-state index in [0.29, 0.717) is 6.10 Å². The first-order valence-electron chi connectivity index (χ1n) is 7.81. The van der Waals surface area contributed by atoms with Gasteiger partial charge in [0.05, 0.1) is 0 Å². The van der Waals surface area contributed by atoms with E-state index in [1.165, 1.54) is 0 Å². The van der Waals surface area contributed by atoms with Crippen LogP contribution in [0.5, 0.6) is 5.75 Å². The highest BCUT2D eigenvalue weighted by atomic mass is 16.5. The monoisotopic (exact) mass is 295 g/mol. The van der Waals surface area contributed by atoms with Gasteiger partial charge in [-0.15, -0.1) is 0 Å². The molecule has 22 heavy (non-hydrogen) atoms. The summed E-state index contributed by atoms with van der Waals surface area (Å²) in [5.74, 6) is 1.02. The molecule has 2 aromatic carbocycles. The Labute approximate surface area is 131 Å². The van der Waals surface area contributed by atoms with Crippen molar-refractivity contribution in [3.63, 3.8) is 0 Å². The average Bonchev–Trinajstić information content (AvgIpc) is 2.57. The van der Waals surface area contributed by atoms with E-state index >= 15 is 0 Å². The zero-order valence-electron chi connectivity index (χ0n) is 12.8. The number of ketones is 1. The predicted molar refractivity (Wildman–Crippen MR) is 88.4 cm³/mol. The zero-order valence-corrected chi connectivity index (χ0v) is 12.8. The average molecular weight is 295 g/mol. The van der Waals surface area contributed by atoms with Gasteiger partial charge in [-0.25, -0.2) is 0 Å². The molecular weight excluding hydrogens is 274 g/mol. The van der Waals surface area contributed by atoms with Gasteiger partial charge in [0.1, 0.15) is 11.9 Å². The van der Waals surface area contributed by atoms with Crippen LogP contribution in [0.25, 0.3) is 11.1 Å². The Balaban J connectivity index is 1.69. The van der Waals surface area contributed by atoms with Crippen molar-refractivity contribution >= 4 is 5.78 Å². The highest BCUT2D eigenvalue weighted by Crippen LogP contribution is 2.24. The van der Waals surface area contributed by atoms with Crippen LogP contribution in [0.2, 0.25) is 0 Å². The van der Waals surface area contributed by atoms with Crippen LogP contribution in [0.1, 0.15) is 30.1 Å². The van der Waals surface area contributed by atoms with E-state index in [0.717, 1.165) is 48.4 Å². The molecule has 0 aromatic heterocycles. The van der Waals surface area contributed by atoms with Crippen molar-refractivity contribution < 1.29 is 9.53 Å². The first kappa shape index (κ1) is 14.8. The Kier molecular flexibility index (Phi) is 4.54. The number of benzene rings is 2. The molecule has 0 aliphatic carbocycles. The minimum Gasteiger partial charge on any atom is -0.490 e. The molecule has 1 N–H and O–H groups in total. The normalized spacial score (nSPS) is 15.5. The summed E-state index contributed by atoms with van der Waals surface area (Å²) >= 11 is 0. The molecule has 3 nitrogen and oxygen atoms in total. The van der Waals surface area contributed by atoms with E-state index in [2.05, 4.69) is 17.4 Å². The molecule has 1 fully saturated rings. The number of carbonyl (C=O) groups is 1. The van der Waals surface area contributed by atoms with E-state index in [1.54, 1.807) is 6.92 Å². The number of hydrogen-bond donors (Lipinski definition) is 1. The van der Waals surface area contributed by atoms with Crippen LogP contribution in [-0.2, 0) is 0 Å². The van der Waals surface area contributed by atoms with Gasteiger partial charge in [-0.05, 0) is 56.1 Å². The maximum absolute atomic E-state index is 11.3. The van der Waals surface area contributed by atoms with Gasteiger partial charge >= 0.3 is 0 Å². The third-order valence-corrected chi connectivity index (χ3v) is 4.07. The largest absolute Gasteiger partial charge is 0.490 e. The molecule has 1 aliphatic rings. The lowest BCUT2D eigenvalue weighted by molar-refractivity contribution is 0.101. The summed E-state index contributed by atoms with van der Waals surface area (Å²) < 4.78 is 6.01. The van der Waals surface area contributed by atoms with E-state index < -0.39 is 0 Å². The SMILES string of the molecule is CC(=O)c1ccc(-c2ccc(OC3CCNCC3)cc2)cc1. The molecule has 0 unspecified atom stereocenters. The van der Waals surface area contributed by atoms with Crippen LogP contribution >= 0.6 is 0 Å². The van der Waals surface area contributed by atoms with Gasteiger partial charge in [0, 0.05) is 5.56 Å². The molecule has 1 saturated heterocycles. The quantitative estimate of drug-likeness (QED) is 0.874. The van der Waals surface area contributed by atoms with Crippen molar-refractivity contribution in [2.24, 2.45) is 0 Å². The van der Waals surface area contributed by atoms with Crippen molar-refractivity contribution in [2.45, 2.75) is 25.9 Å². The highest BCUT2D eigenvalue weighted by molar-refractivity contribution is 5.94. The number of ether oxygens (including phenoxy) is 1. The van der Waals surface area contributed by atoms with Crippen LogP contribution in [0, 0.1) is 0 Å². The zero-order chi connectivity index (χ0) is 15.4. The third-order valence-electron chi connectivity index (χ3n) is 4.07. The van der Waals surface area contributed by atoms with Gasteiger partial charge in [-0.2, -0.15) is 0 Å². The lowest BCUT2D eigenvalue weighted by Crippen LogP contribution is -2.34. The maximum atomic E-state index is 11.3. The summed E-state index contributed by atoms with van der Waals surface area (Å²) in [6.45, 7) is 3.65. The van der Waals surface area contributed by atoms with Crippen LogP contribution in [0.4, 0.5) is 0 Å². The van der Waals surface area contributed by atoms with Crippen LogP contribution in [0.15, 0.2) is 48.5 Å². The van der Waals surface area contributed by atoms with Gasteiger partial charge in [0.2, 0.25) is 0 Å². The molecule has 3 heteroatoms. The summed E-state index contributed by atoms with van der Waals surface area (Å²) in [5.41, 5.74) is 2.99.